The minimum absolute atomic E-state index is 0.0856. The lowest BCUT2D eigenvalue weighted by Gasteiger charge is -2.41. The molecule has 87 heavy (non-hydrogen) atoms. The third-order valence-electron chi connectivity index (χ3n) is 17.1. The summed E-state index contributed by atoms with van der Waals surface area (Å²) in [5.41, 5.74) is 15.1. The first-order chi connectivity index (χ1) is 41.9. The Morgan fingerprint density at radius 3 is 2.29 bits per heavy atom. The number of benzene rings is 3. The van der Waals surface area contributed by atoms with Crippen LogP contribution in [0.3, 0.4) is 0 Å². The summed E-state index contributed by atoms with van der Waals surface area (Å²) in [5, 5.41) is 14.2. The Labute approximate surface area is 510 Å². The van der Waals surface area contributed by atoms with Gasteiger partial charge < -0.3 is 60.1 Å². The topological polar surface area (TPSA) is 234 Å². The number of nitrogens with zero attached hydrogens (tertiary/aromatic N) is 6. The molecule has 1 fully saturated rings. The van der Waals surface area contributed by atoms with Crippen LogP contribution in [0.5, 0.6) is 5.75 Å². The van der Waals surface area contributed by atoms with Crippen LogP contribution in [0.4, 0.5) is 15.9 Å². The minimum atomic E-state index is -0.888. The molecule has 0 radical (unpaired) electrons. The zero-order valence-corrected chi connectivity index (χ0v) is 51.6. The molecule has 1 saturated heterocycles. The lowest BCUT2D eigenvalue weighted by molar-refractivity contribution is -0.147. The SMILES string of the molecule is CN[C@@H](C)C(=O)N[C@H](C(=O)N1Cc2cc(OCCOCCOCCOCCOCCC(=O)CCCn3nc4c(c3C)-c3cnc(N)c(c3)N3CCC[C@@H]3c3cc(F)ccc3C(=O)N(C)C4)ccc2C[C@H]1C(=O)N[C@@H]1CCCc2ccccc21)C(C)(C)C. The number of nitrogens with one attached hydrogen (secondary N) is 3. The molecule has 2 aromatic heterocycles. The number of ether oxygens (including phenoxy) is 5. The summed E-state index contributed by atoms with van der Waals surface area (Å²) in [5.74, 6) is -0.390. The number of nitrogen functional groups attached to an aromatic ring is 1. The number of hydrogen-bond acceptors (Lipinski definition) is 15. The van der Waals surface area contributed by atoms with E-state index in [1.807, 2.05) is 68.8 Å². The molecule has 1 aliphatic carbocycles. The third kappa shape index (κ3) is 15.9. The third-order valence-corrected chi connectivity index (χ3v) is 17.1. The molecule has 468 valence electrons. The summed E-state index contributed by atoms with van der Waals surface area (Å²) < 4.78 is 45.5. The van der Waals surface area contributed by atoms with E-state index >= 15 is 0 Å². The fraction of sp³-hybridized carbons (Fsp3) is 0.530. The van der Waals surface area contributed by atoms with Gasteiger partial charge in [-0.05, 0) is 129 Å². The van der Waals surface area contributed by atoms with E-state index < -0.39 is 29.4 Å². The van der Waals surface area contributed by atoms with E-state index in [0.717, 1.165) is 71.3 Å². The number of aromatic nitrogens is 3. The molecule has 21 heteroatoms. The average Bonchev–Trinajstić information content (AvgIpc) is 1.89. The zero-order chi connectivity index (χ0) is 61.8. The Balaban J connectivity index is 0.660. The number of Topliss-reactive ketones (excluding diaryl/α,β-unsaturated/α-hetero) is 1. The van der Waals surface area contributed by atoms with Gasteiger partial charge in [-0.15, -0.1) is 0 Å². The second-order valence-corrected chi connectivity index (χ2v) is 24.3. The summed E-state index contributed by atoms with van der Waals surface area (Å²) in [4.78, 5) is 79.2. The van der Waals surface area contributed by atoms with Crippen LogP contribution in [0.2, 0.25) is 0 Å². The Bertz CT molecular complexity index is 3240. The maximum atomic E-state index is 14.7. The Kier molecular flexibility index (Phi) is 21.8. The smallest absolute Gasteiger partial charge is 0.254 e. The van der Waals surface area contributed by atoms with Crippen LogP contribution in [0.25, 0.3) is 11.1 Å². The Morgan fingerprint density at radius 1 is 0.828 bits per heavy atom. The predicted molar refractivity (Wildman–Crippen MR) is 328 cm³/mol. The number of pyridine rings is 1. The number of carbonyl (C=O) groups is 5. The fourth-order valence-corrected chi connectivity index (χ4v) is 12.2. The van der Waals surface area contributed by atoms with Crippen molar-refractivity contribution in [2.24, 2.45) is 5.41 Å². The van der Waals surface area contributed by atoms with Gasteiger partial charge in [-0.25, -0.2) is 9.37 Å². The van der Waals surface area contributed by atoms with Gasteiger partial charge in [0.1, 0.15) is 41.9 Å². The Morgan fingerprint density at radius 2 is 1.55 bits per heavy atom. The lowest BCUT2D eigenvalue weighted by atomic mass is 9.83. The van der Waals surface area contributed by atoms with E-state index in [2.05, 4.69) is 38.0 Å². The van der Waals surface area contributed by atoms with Crippen molar-refractivity contribution >= 4 is 40.9 Å². The van der Waals surface area contributed by atoms with Gasteiger partial charge >= 0.3 is 0 Å². The number of nitrogens with two attached hydrogens (primary N) is 1. The molecule has 5 aromatic rings. The van der Waals surface area contributed by atoms with Crippen molar-refractivity contribution in [1.82, 2.24) is 40.5 Å². The molecule has 3 aromatic carbocycles. The van der Waals surface area contributed by atoms with Gasteiger partial charge in [0.2, 0.25) is 17.7 Å². The highest BCUT2D eigenvalue weighted by Crippen LogP contribution is 2.43. The van der Waals surface area contributed by atoms with E-state index in [1.165, 1.54) is 17.7 Å². The molecule has 0 unspecified atom stereocenters. The molecule has 5 heterocycles. The summed E-state index contributed by atoms with van der Waals surface area (Å²) >= 11 is 0. The number of fused-ring (bicyclic) bond motifs is 10. The molecule has 5 N–H and O–H groups in total. The summed E-state index contributed by atoms with van der Waals surface area (Å²) in [6, 6.07) is 17.8. The highest BCUT2D eigenvalue weighted by molar-refractivity contribution is 5.96. The van der Waals surface area contributed by atoms with Crippen molar-refractivity contribution in [2.45, 2.75) is 142 Å². The van der Waals surface area contributed by atoms with E-state index in [9.17, 15) is 28.4 Å². The van der Waals surface area contributed by atoms with E-state index in [1.54, 1.807) is 43.1 Å². The number of halogens is 1. The molecule has 4 aliphatic rings. The first-order valence-electron chi connectivity index (χ1n) is 30.8. The standard InChI is InChI=1S/C66H87FN10O10/c1-42(69-6)62(79)72-60(66(3,4)5)65(82)76-40-47-35-50(21-19-45(47)36-58(76)63(80)71-54-17-10-14-44-13-8-9-16-51(44)54)87-34-33-86-32-31-85-30-29-84-28-27-83-26-23-49(78)15-11-25-77-43(2)59-46-37-57(61(68)70-39-46)75-24-12-18-56(75)53-38-48(67)20-22-52(53)64(81)74(7)41-55(59)73-77/h8-9,13,16,19-22,35,37-39,42,54,56,58,60,69H,10-12,14-15,17-18,23-34,36,40-41H2,1-7H3,(H2,68,70)(H,71,80)(H,72,79)/t42-,54+,56+,58-,60+/m0/s1. The van der Waals surface area contributed by atoms with Crippen LogP contribution < -0.4 is 31.3 Å². The number of ketones is 1. The molecular weight excluding hydrogens is 1110 g/mol. The van der Waals surface area contributed by atoms with Gasteiger partial charge in [0.05, 0.1) is 88.9 Å². The largest absolute Gasteiger partial charge is 0.491 e. The van der Waals surface area contributed by atoms with E-state index in [-0.39, 0.29) is 74.2 Å². The number of aryl methyl sites for hydroxylation is 2. The van der Waals surface area contributed by atoms with E-state index in [4.69, 9.17) is 34.5 Å². The highest BCUT2D eigenvalue weighted by atomic mass is 19.1. The summed E-state index contributed by atoms with van der Waals surface area (Å²) in [6.45, 7) is 14.1. The maximum absolute atomic E-state index is 14.7. The van der Waals surface area contributed by atoms with Crippen LogP contribution >= 0.6 is 0 Å². The quantitative estimate of drug-likeness (QED) is 0.0396. The van der Waals surface area contributed by atoms with Gasteiger partial charge in [0.25, 0.3) is 5.91 Å². The maximum Gasteiger partial charge on any atom is 0.254 e. The number of likely N-dealkylation sites (N-methyl/N-ethyl adjacent to an activating group) is 1. The van der Waals surface area contributed by atoms with Crippen LogP contribution in [0.15, 0.2) is 72.9 Å². The first-order valence-corrected chi connectivity index (χ1v) is 30.8. The number of anilines is 2. The lowest BCUT2D eigenvalue weighted by Crippen LogP contribution is -2.62. The monoisotopic (exact) mass is 1200 g/mol. The van der Waals surface area contributed by atoms with Gasteiger partial charge in [-0.1, -0.05) is 51.1 Å². The summed E-state index contributed by atoms with van der Waals surface area (Å²) in [6.07, 6.45) is 7.58. The first kappa shape index (κ1) is 64.2. The van der Waals surface area contributed by atoms with Crippen LogP contribution in [-0.4, -0.2) is 152 Å². The van der Waals surface area contributed by atoms with E-state index in [0.29, 0.717) is 107 Å². The minimum Gasteiger partial charge on any atom is -0.491 e. The normalized spacial score (nSPS) is 18.0. The van der Waals surface area contributed by atoms with Crippen molar-refractivity contribution < 1.29 is 52.0 Å². The molecule has 5 atom stereocenters. The van der Waals surface area contributed by atoms with Gasteiger partial charge in [-0.3, -0.25) is 28.7 Å². The second kappa shape index (κ2) is 29.6. The molecule has 2 bridgehead atoms. The summed E-state index contributed by atoms with van der Waals surface area (Å²) in [7, 11) is 3.43. The van der Waals surface area contributed by atoms with Gasteiger partial charge in [0, 0.05) is 74.5 Å². The molecule has 4 amide bonds. The van der Waals surface area contributed by atoms with Crippen molar-refractivity contribution in [3.05, 3.63) is 124 Å². The van der Waals surface area contributed by atoms with Crippen molar-refractivity contribution in [1.29, 1.82) is 0 Å². The fourth-order valence-electron chi connectivity index (χ4n) is 12.2. The molecule has 3 aliphatic heterocycles. The van der Waals surface area contributed by atoms with Gasteiger partial charge in [-0.2, -0.15) is 5.10 Å². The number of amides is 4. The molecule has 0 saturated carbocycles. The van der Waals surface area contributed by atoms with Crippen LogP contribution in [0.1, 0.15) is 134 Å². The number of hydrogen-bond donors (Lipinski definition) is 4. The van der Waals surface area contributed by atoms with Crippen LogP contribution in [-0.2, 0) is 70.6 Å². The van der Waals surface area contributed by atoms with Crippen molar-refractivity contribution in [3.63, 3.8) is 0 Å². The molecule has 0 spiro atoms. The molecular formula is C66H87FN10O10. The second-order valence-electron chi connectivity index (χ2n) is 24.3. The van der Waals surface area contributed by atoms with Crippen LogP contribution in [0, 0.1) is 18.2 Å². The number of carbonyl (C=O) groups excluding carboxylic acids is 5. The Hall–Kier alpha value is -7.30. The van der Waals surface area contributed by atoms with Crippen molar-refractivity contribution in [2.75, 3.05) is 90.7 Å². The zero-order valence-electron chi connectivity index (χ0n) is 51.6. The predicted octanol–water partition coefficient (Wildman–Crippen LogP) is 7.37. The highest BCUT2D eigenvalue weighted by Gasteiger charge is 2.43. The average molecular weight is 1200 g/mol. The molecule has 9 rings (SSSR count). The number of rotatable bonds is 26. The van der Waals surface area contributed by atoms with Crippen molar-refractivity contribution in [3.8, 4) is 16.9 Å². The molecule has 20 nitrogen and oxygen atoms in total. The van der Waals surface area contributed by atoms with Gasteiger partial charge in [0.15, 0.2) is 0 Å².